The number of ether oxygens (including phenoxy) is 1. The molecule has 7 heteroatoms. The summed E-state index contributed by atoms with van der Waals surface area (Å²) in [5, 5.41) is 0.676. The quantitative estimate of drug-likeness (QED) is 0.293. The molecule has 6 rings (SSSR count). The minimum Gasteiger partial charge on any atom is -0.493 e. The number of rotatable bonds is 4. The van der Waals surface area contributed by atoms with Gasteiger partial charge in [-0.2, -0.15) is 0 Å². The Labute approximate surface area is 226 Å². The zero-order chi connectivity index (χ0) is 24.8. The van der Waals surface area contributed by atoms with Crippen molar-refractivity contribution in [3.8, 4) is 5.75 Å². The molecule has 0 N–H and O–H groups in total. The zero-order valence-corrected chi connectivity index (χ0v) is 22.7. The Kier molecular flexibility index (Phi) is 6.20. The van der Waals surface area contributed by atoms with Gasteiger partial charge in [-0.1, -0.05) is 65.4 Å². The molecule has 1 aromatic heterocycles. The first-order chi connectivity index (χ1) is 17.5. The molecule has 2 heterocycles. The fraction of sp³-hybridized carbons (Fsp3) is 0.172. The molecule has 2 aliphatic rings. The summed E-state index contributed by atoms with van der Waals surface area (Å²) in [5.41, 5.74) is 6.56. The normalized spacial score (nSPS) is 16.8. The van der Waals surface area contributed by atoms with Gasteiger partial charge in [0.2, 0.25) is 0 Å². The van der Waals surface area contributed by atoms with Crippen LogP contribution in [-0.4, -0.2) is 11.2 Å². The molecule has 0 fully saturated rings. The number of hydrogen-bond donors (Lipinski definition) is 0. The van der Waals surface area contributed by atoms with Gasteiger partial charge in [0.1, 0.15) is 5.75 Å². The molecule has 0 saturated heterocycles. The Bertz CT molecular complexity index is 1700. The third-order valence-electron chi connectivity index (χ3n) is 6.61. The minimum atomic E-state index is -0.212. The monoisotopic (exact) mass is 576 g/mol. The predicted molar refractivity (Wildman–Crippen MR) is 150 cm³/mol. The fourth-order valence-electron chi connectivity index (χ4n) is 5.00. The maximum atomic E-state index is 13.8. The molecule has 3 aromatic carbocycles. The minimum absolute atomic E-state index is 0.0332. The highest BCUT2D eigenvalue weighted by atomic mass is 79.9. The molecular weight excluding hydrogens is 556 g/mol. The van der Waals surface area contributed by atoms with Crippen molar-refractivity contribution >= 4 is 50.6 Å². The number of fused-ring (bicyclic) bond motifs is 3. The van der Waals surface area contributed by atoms with Gasteiger partial charge in [-0.25, -0.2) is 4.99 Å². The number of aryl methyl sites for hydroxylation is 1. The van der Waals surface area contributed by atoms with Gasteiger partial charge in [0, 0.05) is 10.6 Å². The van der Waals surface area contributed by atoms with E-state index in [1.165, 1.54) is 22.5 Å². The van der Waals surface area contributed by atoms with Gasteiger partial charge in [0.25, 0.3) is 5.56 Å². The number of hydrogen-bond acceptors (Lipinski definition) is 4. The largest absolute Gasteiger partial charge is 0.493 e. The van der Waals surface area contributed by atoms with Crippen LogP contribution in [0.1, 0.15) is 41.6 Å². The summed E-state index contributed by atoms with van der Waals surface area (Å²) in [5.74, 6) is 0.783. The molecule has 0 spiro atoms. The standard InChI is InChI=1S/C29H22BrClN2O2S/c1-2-35-24-14-7-17(15-23(24)30)16-25-28(34)33-27(19-8-11-20(31)12-9-19)22-13-10-18-5-3-4-6-21(18)26(22)32-29(33)36-25/h3-9,11-12,14-16,27H,2,10,13H2,1H3. The van der Waals surface area contributed by atoms with Gasteiger partial charge < -0.3 is 4.74 Å². The number of thiazole rings is 1. The molecule has 1 aliphatic heterocycles. The Balaban J connectivity index is 1.56. The summed E-state index contributed by atoms with van der Waals surface area (Å²) in [6.07, 6.45) is 3.72. The van der Waals surface area contributed by atoms with Crippen LogP contribution in [-0.2, 0) is 6.42 Å². The molecule has 1 unspecified atom stereocenters. The first-order valence-corrected chi connectivity index (χ1v) is 13.8. The summed E-state index contributed by atoms with van der Waals surface area (Å²) < 4.78 is 9.00. The van der Waals surface area contributed by atoms with E-state index in [9.17, 15) is 4.79 Å². The number of aromatic nitrogens is 1. The van der Waals surface area contributed by atoms with Crippen molar-refractivity contribution in [2.75, 3.05) is 6.61 Å². The Morgan fingerprint density at radius 2 is 1.94 bits per heavy atom. The van der Waals surface area contributed by atoms with Crippen molar-refractivity contribution in [1.82, 2.24) is 4.57 Å². The maximum absolute atomic E-state index is 13.8. The average Bonchev–Trinajstić information content (AvgIpc) is 3.19. The lowest BCUT2D eigenvalue weighted by Crippen LogP contribution is -2.38. The van der Waals surface area contributed by atoms with E-state index in [2.05, 4.69) is 40.2 Å². The van der Waals surface area contributed by atoms with Crippen molar-refractivity contribution in [2.24, 2.45) is 4.99 Å². The van der Waals surface area contributed by atoms with E-state index in [1.807, 2.05) is 60.0 Å². The Morgan fingerprint density at radius 3 is 2.72 bits per heavy atom. The predicted octanol–water partition coefficient (Wildman–Crippen LogP) is 6.13. The average molecular weight is 578 g/mol. The molecule has 4 aromatic rings. The summed E-state index contributed by atoms with van der Waals surface area (Å²) in [7, 11) is 0. The number of nitrogens with zero attached hydrogens (tertiary/aromatic N) is 2. The first-order valence-electron chi connectivity index (χ1n) is 11.8. The van der Waals surface area contributed by atoms with Gasteiger partial charge in [0.15, 0.2) is 4.80 Å². The molecule has 4 nitrogen and oxygen atoms in total. The van der Waals surface area contributed by atoms with Crippen molar-refractivity contribution < 1.29 is 4.74 Å². The van der Waals surface area contributed by atoms with Crippen LogP contribution in [0, 0.1) is 0 Å². The Hall–Kier alpha value is -2.93. The molecule has 180 valence electrons. The van der Waals surface area contributed by atoms with Gasteiger partial charge >= 0.3 is 0 Å². The lowest BCUT2D eigenvalue weighted by molar-refractivity contribution is 0.338. The summed E-state index contributed by atoms with van der Waals surface area (Å²) >= 11 is 11.2. The molecule has 0 bridgehead atoms. The van der Waals surface area contributed by atoms with E-state index in [1.54, 1.807) is 0 Å². The van der Waals surface area contributed by atoms with Crippen LogP contribution in [0.25, 0.3) is 11.8 Å². The van der Waals surface area contributed by atoms with E-state index < -0.39 is 0 Å². The fourth-order valence-corrected chi connectivity index (χ4v) is 6.64. The van der Waals surface area contributed by atoms with Gasteiger partial charge in [-0.15, -0.1) is 0 Å². The third kappa shape index (κ3) is 4.07. The van der Waals surface area contributed by atoms with Crippen LogP contribution in [0.3, 0.4) is 0 Å². The Morgan fingerprint density at radius 1 is 1.14 bits per heavy atom. The highest BCUT2D eigenvalue weighted by Crippen LogP contribution is 2.41. The number of halogens is 2. The van der Waals surface area contributed by atoms with Gasteiger partial charge in [0.05, 0.1) is 27.4 Å². The molecule has 0 saturated carbocycles. The summed E-state index contributed by atoms with van der Waals surface area (Å²) in [6, 6.07) is 21.9. The number of allylic oxidation sites excluding steroid dienone is 1. The highest BCUT2D eigenvalue weighted by molar-refractivity contribution is 9.10. The second-order valence-corrected chi connectivity index (χ2v) is 11.1. The lowest BCUT2D eigenvalue weighted by Gasteiger charge is -2.30. The second kappa shape index (κ2) is 9.51. The van der Waals surface area contributed by atoms with Gasteiger partial charge in [-0.3, -0.25) is 9.36 Å². The van der Waals surface area contributed by atoms with Crippen molar-refractivity contribution in [3.05, 3.63) is 124 Å². The SMILES string of the molecule is CCOc1ccc(C=c2sc3n(c2=O)C(c2ccc(Cl)cc2)C2=C(N=3)c3ccccc3CC2)cc1Br. The van der Waals surface area contributed by atoms with Crippen LogP contribution in [0.15, 0.2) is 86.6 Å². The second-order valence-electron chi connectivity index (χ2n) is 8.79. The topological polar surface area (TPSA) is 43.6 Å². The third-order valence-corrected chi connectivity index (χ3v) is 8.47. The van der Waals surface area contributed by atoms with Crippen LogP contribution < -0.4 is 19.6 Å². The summed E-state index contributed by atoms with van der Waals surface area (Å²) in [4.78, 5) is 19.6. The first kappa shape index (κ1) is 23.5. The lowest BCUT2D eigenvalue weighted by atomic mass is 9.83. The van der Waals surface area contributed by atoms with Crippen molar-refractivity contribution in [3.63, 3.8) is 0 Å². The van der Waals surface area contributed by atoms with Crippen LogP contribution in [0.2, 0.25) is 5.02 Å². The van der Waals surface area contributed by atoms with E-state index in [0.717, 1.165) is 45.5 Å². The van der Waals surface area contributed by atoms with Crippen LogP contribution in [0.4, 0.5) is 0 Å². The van der Waals surface area contributed by atoms with E-state index in [-0.39, 0.29) is 11.6 Å². The smallest absolute Gasteiger partial charge is 0.271 e. The van der Waals surface area contributed by atoms with E-state index in [0.29, 0.717) is 21.0 Å². The molecule has 0 radical (unpaired) electrons. The van der Waals surface area contributed by atoms with E-state index in [4.69, 9.17) is 21.3 Å². The number of benzene rings is 3. The molecule has 1 aliphatic carbocycles. The maximum Gasteiger partial charge on any atom is 0.271 e. The van der Waals surface area contributed by atoms with Crippen molar-refractivity contribution in [1.29, 1.82) is 0 Å². The molecule has 1 atom stereocenters. The zero-order valence-electron chi connectivity index (χ0n) is 19.5. The molecule has 0 amide bonds. The van der Waals surface area contributed by atoms with E-state index >= 15 is 0 Å². The highest BCUT2D eigenvalue weighted by Gasteiger charge is 2.32. The van der Waals surface area contributed by atoms with Crippen LogP contribution >= 0.6 is 38.9 Å². The molecular formula is C29H22BrClN2O2S. The van der Waals surface area contributed by atoms with Crippen LogP contribution in [0.5, 0.6) is 5.75 Å². The molecule has 36 heavy (non-hydrogen) atoms. The van der Waals surface area contributed by atoms with Crippen molar-refractivity contribution in [2.45, 2.75) is 25.8 Å². The summed E-state index contributed by atoms with van der Waals surface area (Å²) in [6.45, 7) is 2.55. The van der Waals surface area contributed by atoms with Gasteiger partial charge in [-0.05, 0) is 88.3 Å².